The molecule has 0 aliphatic rings. The summed E-state index contributed by atoms with van der Waals surface area (Å²) in [5, 5.41) is 12.8. The standard InChI is InChI=1S/C12H10ClNO4/c1-6-2-12(17)18-10-4-9(15)8(3-7(6)10)14-11(16)5-13/h2-4,15H,5H2,1H3,(H,14,16). The number of phenols is 1. The Bertz CT molecular complexity index is 678. The van der Waals surface area contributed by atoms with Crippen molar-refractivity contribution in [2.75, 3.05) is 11.2 Å². The van der Waals surface area contributed by atoms with Crippen molar-refractivity contribution in [3.8, 4) is 5.75 Å². The fourth-order valence-corrected chi connectivity index (χ4v) is 1.70. The number of carbonyl (C=O) groups excluding carboxylic acids is 1. The number of rotatable bonds is 2. The molecule has 2 N–H and O–H groups in total. The molecule has 1 aromatic heterocycles. The largest absolute Gasteiger partial charge is 0.506 e. The van der Waals surface area contributed by atoms with Crippen LogP contribution in [0.1, 0.15) is 5.56 Å². The highest BCUT2D eigenvalue weighted by Crippen LogP contribution is 2.30. The Morgan fingerprint density at radius 1 is 1.44 bits per heavy atom. The summed E-state index contributed by atoms with van der Waals surface area (Å²) >= 11 is 5.37. The number of carbonyl (C=O) groups is 1. The number of nitrogens with one attached hydrogen (secondary N) is 1. The second-order valence-electron chi connectivity index (χ2n) is 3.80. The van der Waals surface area contributed by atoms with Crippen LogP contribution in [0.15, 0.2) is 27.4 Å². The van der Waals surface area contributed by atoms with E-state index < -0.39 is 11.5 Å². The number of hydrogen-bond acceptors (Lipinski definition) is 4. The molecule has 0 saturated carbocycles. The van der Waals surface area contributed by atoms with E-state index in [1.54, 1.807) is 6.92 Å². The lowest BCUT2D eigenvalue weighted by molar-refractivity contribution is -0.113. The lowest BCUT2D eigenvalue weighted by Gasteiger charge is -2.08. The zero-order chi connectivity index (χ0) is 13.3. The van der Waals surface area contributed by atoms with Crippen molar-refractivity contribution in [1.82, 2.24) is 0 Å². The van der Waals surface area contributed by atoms with Gasteiger partial charge in [0.1, 0.15) is 17.2 Å². The van der Waals surface area contributed by atoms with Crippen molar-refractivity contribution < 1.29 is 14.3 Å². The van der Waals surface area contributed by atoms with Crippen molar-refractivity contribution in [1.29, 1.82) is 0 Å². The molecule has 6 heteroatoms. The molecule has 0 bridgehead atoms. The van der Waals surface area contributed by atoms with E-state index in [2.05, 4.69) is 5.32 Å². The van der Waals surface area contributed by atoms with Crippen LogP contribution in [0, 0.1) is 6.92 Å². The van der Waals surface area contributed by atoms with E-state index in [0.29, 0.717) is 10.9 Å². The van der Waals surface area contributed by atoms with Crippen molar-refractivity contribution in [3.05, 3.63) is 34.2 Å². The molecule has 94 valence electrons. The van der Waals surface area contributed by atoms with Gasteiger partial charge in [-0.25, -0.2) is 4.79 Å². The Balaban J connectivity index is 2.61. The molecule has 0 saturated heterocycles. The van der Waals surface area contributed by atoms with Gasteiger partial charge in [0.05, 0.1) is 5.69 Å². The quantitative estimate of drug-likeness (QED) is 0.495. The van der Waals surface area contributed by atoms with Crippen LogP contribution in [-0.4, -0.2) is 16.9 Å². The number of halogens is 1. The van der Waals surface area contributed by atoms with Gasteiger partial charge in [-0.05, 0) is 18.6 Å². The molecule has 0 aliphatic carbocycles. The van der Waals surface area contributed by atoms with E-state index in [1.807, 2.05) is 0 Å². The minimum Gasteiger partial charge on any atom is -0.506 e. The number of amides is 1. The second-order valence-corrected chi connectivity index (χ2v) is 4.06. The summed E-state index contributed by atoms with van der Waals surface area (Å²) in [6, 6.07) is 4.16. The molecule has 0 radical (unpaired) electrons. The van der Waals surface area contributed by atoms with E-state index >= 15 is 0 Å². The van der Waals surface area contributed by atoms with Crippen LogP contribution >= 0.6 is 11.6 Å². The Labute approximate surface area is 107 Å². The van der Waals surface area contributed by atoms with E-state index in [9.17, 15) is 14.7 Å². The van der Waals surface area contributed by atoms with Gasteiger partial charge < -0.3 is 14.8 Å². The fourth-order valence-electron chi connectivity index (χ4n) is 1.64. The smallest absolute Gasteiger partial charge is 0.336 e. The number of fused-ring (bicyclic) bond motifs is 1. The maximum absolute atomic E-state index is 11.2. The molecule has 1 heterocycles. The summed E-state index contributed by atoms with van der Waals surface area (Å²) < 4.78 is 4.96. The molecular weight excluding hydrogens is 258 g/mol. The second kappa shape index (κ2) is 4.70. The average Bonchev–Trinajstić information content (AvgIpc) is 2.30. The van der Waals surface area contributed by atoms with E-state index in [-0.39, 0.29) is 22.9 Å². The molecule has 5 nitrogen and oxygen atoms in total. The average molecular weight is 268 g/mol. The number of anilines is 1. The molecule has 1 amide bonds. The molecular formula is C12H10ClNO4. The summed E-state index contributed by atoms with van der Waals surface area (Å²) in [6.07, 6.45) is 0. The Morgan fingerprint density at radius 3 is 2.83 bits per heavy atom. The minimum absolute atomic E-state index is 0.185. The Hall–Kier alpha value is -2.01. The normalized spacial score (nSPS) is 10.6. The molecule has 0 unspecified atom stereocenters. The minimum atomic E-state index is -0.489. The van der Waals surface area contributed by atoms with Gasteiger partial charge in [0, 0.05) is 17.5 Å². The van der Waals surface area contributed by atoms with Gasteiger partial charge in [-0.2, -0.15) is 0 Å². The highest BCUT2D eigenvalue weighted by atomic mass is 35.5. The van der Waals surface area contributed by atoms with Crippen molar-refractivity contribution in [3.63, 3.8) is 0 Å². The molecule has 0 aliphatic heterocycles. The van der Waals surface area contributed by atoms with Crippen LogP contribution in [0.4, 0.5) is 5.69 Å². The molecule has 0 atom stereocenters. The summed E-state index contributed by atoms with van der Waals surface area (Å²) in [6.45, 7) is 1.74. The molecule has 0 spiro atoms. The first kappa shape index (κ1) is 12.4. The van der Waals surface area contributed by atoms with E-state index in [0.717, 1.165) is 0 Å². The molecule has 2 aromatic rings. The first-order valence-corrected chi connectivity index (χ1v) is 5.68. The van der Waals surface area contributed by atoms with Crippen molar-refractivity contribution in [2.45, 2.75) is 6.92 Å². The Kier molecular flexibility index (Phi) is 3.25. The van der Waals surface area contributed by atoms with Gasteiger partial charge in [0.25, 0.3) is 0 Å². The lowest BCUT2D eigenvalue weighted by Crippen LogP contribution is -2.12. The molecule has 2 rings (SSSR count). The summed E-state index contributed by atoms with van der Waals surface area (Å²) in [5.41, 5.74) is 0.700. The Morgan fingerprint density at radius 2 is 2.17 bits per heavy atom. The summed E-state index contributed by atoms with van der Waals surface area (Å²) in [7, 11) is 0. The van der Waals surface area contributed by atoms with Gasteiger partial charge >= 0.3 is 5.63 Å². The van der Waals surface area contributed by atoms with Crippen molar-refractivity contribution in [2.24, 2.45) is 0 Å². The van der Waals surface area contributed by atoms with Crippen LogP contribution in [-0.2, 0) is 4.79 Å². The first-order chi connectivity index (χ1) is 8.51. The summed E-state index contributed by atoms with van der Waals surface area (Å²) in [5.74, 6) is -0.823. The maximum Gasteiger partial charge on any atom is 0.336 e. The molecule has 0 fully saturated rings. The number of aromatic hydroxyl groups is 1. The first-order valence-electron chi connectivity index (χ1n) is 5.14. The van der Waals surface area contributed by atoms with Crippen LogP contribution < -0.4 is 10.9 Å². The highest BCUT2D eigenvalue weighted by Gasteiger charge is 2.10. The predicted octanol–water partition coefficient (Wildman–Crippen LogP) is 1.98. The van der Waals surface area contributed by atoms with Gasteiger partial charge in [0.15, 0.2) is 0 Å². The molecule has 18 heavy (non-hydrogen) atoms. The monoisotopic (exact) mass is 267 g/mol. The maximum atomic E-state index is 11.2. The molecule has 1 aromatic carbocycles. The van der Waals surface area contributed by atoms with E-state index in [4.69, 9.17) is 16.0 Å². The third-order valence-electron chi connectivity index (χ3n) is 2.46. The topological polar surface area (TPSA) is 79.5 Å². The van der Waals surface area contributed by atoms with Gasteiger partial charge in [-0.3, -0.25) is 4.79 Å². The fraction of sp³-hybridized carbons (Fsp3) is 0.167. The van der Waals surface area contributed by atoms with Crippen LogP contribution in [0.3, 0.4) is 0 Å². The van der Waals surface area contributed by atoms with Crippen LogP contribution in [0.5, 0.6) is 5.75 Å². The predicted molar refractivity (Wildman–Crippen MR) is 68.2 cm³/mol. The number of alkyl halides is 1. The SMILES string of the molecule is Cc1cc(=O)oc2cc(O)c(NC(=O)CCl)cc12. The zero-order valence-corrected chi connectivity index (χ0v) is 10.2. The number of phenolic OH excluding ortho intramolecular Hbond substituents is 1. The van der Waals surface area contributed by atoms with Crippen molar-refractivity contribution >= 4 is 34.2 Å². The summed E-state index contributed by atoms with van der Waals surface area (Å²) in [4.78, 5) is 22.4. The van der Waals surface area contributed by atoms with Gasteiger partial charge in [0.2, 0.25) is 5.91 Å². The third-order valence-corrected chi connectivity index (χ3v) is 2.71. The number of aryl methyl sites for hydroxylation is 1. The third kappa shape index (κ3) is 2.31. The lowest BCUT2D eigenvalue weighted by atomic mass is 10.1. The number of hydrogen-bond donors (Lipinski definition) is 2. The van der Waals surface area contributed by atoms with Gasteiger partial charge in [-0.15, -0.1) is 11.6 Å². The highest BCUT2D eigenvalue weighted by molar-refractivity contribution is 6.29. The van der Waals surface area contributed by atoms with Crippen LogP contribution in [0.25, 0.3) is 11.0 Å². The number of benzene rings is 1. The van der Waals surface area contributed by atoms with E-state index in [1.165, 1.54) is 18.2 Å². The van der Waals surface area contributed by atoms with Crippen LogP contribution in [0.2, 0.25) is 0 Å². The van der Waals surface area contributed by atoms with Gasteiger partial charge in [-0.1, -0.05) is 0 Å². The zero-order valence-electron chi connectivity index (χ0n) is 9.49.